The largest absolute Gasteiger partial charge is 0.0885 e. The van der Waals surface area contributed by atoms with Gasteiger partial charge in [-0.1, -0.05) is 65.0 Å². The van der Waals surface area contributed by atoms with Gasteiger partial charge >= 0.3 is 0 Å². The highest BCUT2D eigenvalue weighted by Crippen LogP contribution is 2.08. The Morgan fingerprint density at radius 1 is 0.857 bits per heavy atom. The van der Waals surface area contributed by atoms with Crippen LogP contribution >= 0.6 is 0 Å². The first-order chi connectivity index (χ1) is 6.77. The molecule has 0 radical (unpaired) electrons. The fraction of sp³-hybridized carbons (Fsp3) is 0.857. The molecule has 0 aromatic heterocycles. The summed E-state index contributed by atoms with van der Waals surface area (Å²) in [5, 5.41) is 0. The number of allylic oxidation sites excluding steroid dienone is 2. The van der Waals surface area contributed by atoms with Crippen molar-refractivity contribution in [2.45, 2.75) is 72.1 Å². The van der Waals surface area contributed by atoms with E-state index in [2.05, 4.69) is 32.9 Å². The third kappa shape index (κ3) is 11.7. The highest BCUT2D eigenvalue weighted by Gasteiger charge is 1.89. The van der Waals surface area contributed by atoms with Crippen LogP contribution in [0, 0.1) is 5.92 Å². The summed E-state index contributed by atoms with van der Waals surface area (Å²) in [5.74, 6) is 0.816. The van der Waals surface area contributed by atoms with Gasteiger partial charge in [-0.2, -0.15) is 0 Å². The van der Waals surface area contributed by atoms with Crippen LogP contribution in [0.25, 0.3) is 0 Å². The van der Waals surface area contributed by atoms with Crippen molar-refractivity contribution in [1.29, 1.82) is 0 Å². The van der Waals surface area contributed by atoms with Crippen molar-refractivity contribution in [3.05, 3.63) is 12.2 Å². The number of unbranched alkanes of at least 4 members (excludes halogenated alkanes) is 6. The molecule has 0 amide bonds. The summed E-state index contributed by atoms with van der Waals surface area (Å²) in [4.78, 5) is 0. The highest BCUT2D eigenvalue weighted by atomic mass is 14.0. The van der Waals surface area contributed by atoms with E-state index in [0.29, 0.717) is 0 Å². The van der Waals surface area contributed by atoms with E-state index in [0.717, 1.165) is 5.92 Å². The van der Waals surface area contributed by atoms with Crippen molar-refractivity contribution >= 4 is 0 Å². The van der Waals surface area contributed by atoms with E-state index in [9.17, 15) is 0 Å². The van der Waals surface area contributed by atoms with Crippen molar-refractivity contribution in [1.82, 2.24) is 0 Å². The Kier molecular flexibility index (Phi) is 10.6. The Hall–Kier alpha value is -0.260. The SMILES string of the molecule is CCCCCCCC/C=C/CC(C)C. The van der Waals surface area contributed by atoms with Gasteiger partial charge in [-0.3, -0.25) is 0 Å². The molecule has 0 aliphatic rings. The monoisotopic (exact) mass is 196 g/mol. The smallest absolute Gasteiger partial charge is 0.0327 e. The van der Waals surface area contributed by atoms with Gasteiger partial charge in [-0.15, -0.1) is 0 Å². The lowest BCUT2D eigenvalue weighted by Gasteiger charge is -1.98. The molecule has 0 aliphatic heterocycles. The van der Waals surface area contributed by atoms with Crippen LogP contribution in [0.3, 0.4) is 0 Å². The first kappa shape index (κ1) is 13.7. The molecule has 0 unspecified atom stereocenters. The summed E-state index contributed by atoms with van der Waals surface area (Å²) in [7, 11) is 0. The zero-order valence-electron chi connectivity index (χ0n) is 10.4. The second-order valence-electron chi connectivity index (χ2n) is 4.66. The summed E-state index contributed by atoms with van der Waals surface area (Å²) in [6.45, 7) is 6.82. The highest BCUT2D eigenvalue weighted by molar-refractivity contribution is 4.82. The van der Waals surface area contributed by atoms with Crippen LogP contribution in [0.2, 0.25) is 0 Å². The standard InChI is InChI=1S/C14H28/c1-4-5-6-7-8-9-10-11-12-13-14(2)3/h11-12,14H,4-10,13H2,1-3H3/b12-11+. The Morgan fingerprint density at radius 2 is 1.50 bits per heavy atom. The maximum atomic E-state index is 2.36. The van der Waals surface area contributed by atoms with Crippen molar-refractivity contribution in [3.63, 3.8) is 0 Å². The molecule has 0 N–H and O–H groups in total. The molecule has 0 atom stereocenters. The van der Waals surface area contributed by atoms with Crippen molar-refractivity contribution < 1.29 is 0 Å². The third-order valence-electron chi connectivity index (χ3n) is 2.50. The quantitative estimate of drug-likeness (QED) is 0.345. The molecule has 0 fully saturated rings. The Labute approximate surface area is 90.8 Å². The Morgan fingerprint density at radius 3 is 2.14 bits per heavy atom. The summed E-state index contributed by atoms with van der Waals surface area (Å²) >= 11 is 0. The second-order valence-corrected chi connectivity index (χ2v) is 4.66. The summed E-state index contributed by atoms with van der Waals surface area (Å²) in [6.07, 6.45) is 15.7. The van der Waals surface area contributed by atoms with E-state index in [-0.39, 0.29) is 0 Å². The number of rotatable bonds is 9. The van der Waals surface area contributed by atoms with Gasteiger partial charge in [-0.05, 0) is 25.2 Å². The fourth-order valence-electron chi connectivity index (χ4n) is 1.53. The normalized spacial score (nSPS) is 11.7. The second kappa shape index (κ2) is 10.8. The average molecular weight is 196 g/mol. The molecule has 84 valence electrons. The summed E-state index contributed by atoms with van der Waals surface area (Å²) < 4.78 is 0. The van der Waals surface area contributed by atoms with Gasteiger partial charge in [0.15, 0.2) is 0 Å². The maximum Gasteiger partial charge on any atom is -0.0327 e. The lowest BCUT2D eigenvalue weighted by Crippen LogP contribution is -1.81. The molecule has 14 heavy (non-hydrogen) atoms. The summed E-state index contributed by atoms with van der Waals surface area (Å²) in [5.41, 5.74) is 0. The molecule has 0 rings (SSSR count). The van der Waals surface area contributed by atoms with Crippen molar-refractivity contribution in [2.75, 3.05) is 0 Å². The molecule has 0 heterocycles. The van der Waals surface area contributed by atoms with Crippen LogP contribution in [-0.2, 0) is 0 Å². The predicted octanol–water partition coefficient (Wildman–Crippen LogP) is 5.34. The molecule has 0 saturated carbocycles. The van der Waals surface area contributed by atoms with E-state index in [1.807, 2.05) is 0 Å². The molecule has 0 heteroatoms. The van der Waals surface area contributed by atoms with Gasteiger partial charge in [0.05, 0.1) is 0 Å². The van der Waals surface area contributed by atoms with E-state index in [1.165, 1.54) is 51.4 Å². The predicted molar refractivity (Wildman–Crippen MR) is 66.6 cm³/mol. The van der Waals surface area contributed by atoms with Crippen LogP contribution in [0.1, 0.15) is 72.1 Å². The van der Waals surface area contributed by atoms with Crippen LogP contribution in [0.15, 0.2) is 12.2 Å². The van der Waals surface area contributed by atoms with Gasteiger partial charge in [0.25, 0.3) is 0 Å². The van der Waals surface area contributed by atoms with Gasteiger partial charge in [0.1, 0.15) is 0 Å². The molecule has 0 spiro atoms. The fourth-order valence-corrected chi connectivity index (χ4v) is 1.53. The van der Waals surface area contributed by atoms with Crippen LogP contribution in [0.5, 0.6) is 0 Å². The molecular formula is C14H28. The van der Waals surface area contributed by atoms with Gasteiger partial charge < -0.3 is 0 Å². The molecule has 0 bridgehead atoms. The molecule has 0 saturated heterocycles. The van der Waals surface area contributed by atoms with E-state index >= 15 is 0 Å². The minimum atomic E-state index is 0.816. The molecular weight excluding hydrogens is 168 g/mol. The molecule has 0 aromatic rings. The van der Waals surface area contributed by atoms with Crippen molar-refractivity contribution in [2.24, 2.45) is 5.92 Å². The van der Waals surface area contributed by atoms with Crippen LogP contribution in [-0.4, -0.2) is 0 Å². The maximum absolute atomic E-state index is 2.36. The topological polar surface area (TPSA) is 0 Å². The Bertz CT molecular complexity index is 122. The molecule has 0 aliphatic carbocycles. The zero-order chi connectivity index (χ0) is 10.6. The lowest BCUT2D eigenvalue weighted by atomic mass is 10.1. The van der Waals surface area contributed by atoms with E-state index in [4.69, 9.17) is 0 Å². The van der Waals surface area contributed by atoms with Crippen LogP contribution in [0.4, 0.5) is 0 Å². The molecule has 0 nitrogen and oxygen atoms in total. The van der Waals surface area contributed by atoms with Gasteiger partial charge in [0, 0.05) is 0 Å². The Balaban J connectivity index is 3.01. The van der Waals surface area contributed by atoms with Crippen molar-refractivity contribution in [3.8, 4) is 0 Å². The minimum Gasteiger partial charge on any atom is -0.0885 e. The first-order valence-electron chi connectivity index (χ1n) is 6.42. The van der Waals surface area contributed by atoms with E-state index < -0.39 is 0 Å². The third-order valence-corrected chi connectivity index (χ3v) is 2.50. The average Bonchev–Trinajstić information content (AvgIpc) is 2.15. The lowest BCUT2D eigenvalue weighted by molar-refractivity contribution is 0.609. The van der Waals surface area contributed by atoms with Gasteiger partial charge in [-0.25, -0.2) is 0 Å². The zero-order valence-corrected chi connectivity index (χ0v) is 10.4. The minimum absolute atomic E-state index is 0.816. The van der Waals surface area contributed by atoms with Crippen LogP contribution < -0.4 is 0 Å². The summed E-state index contributed by atoms with van der Waals surface area (Å²) in [6, 6.07) is 0. The molecule has 0 aromatic carbocycles. The first-order valence-corrected chi connectivity index (χ1v) is 6.42. The number of hydrogen-bond acceptors (Lipinski definition) is 0. The van der Waals surface area contributed by atoms with Gasteiger partial charge in [0.2, 0.25) is 0 Å². The number of hydrogen-bond donors (Lipinski definition) is 0. The van der Waals surface area contributed by atoms with E-state index in [1.54, 1.807) is 0 Å².